The molecular weight excluding hydrogens is 282 g/mol. The Hall–Kier alpha value is -2.66. The second-order valence-electron chi connectivity index (χ2n) is 5.23. The summed E-state index contributed by atoms with van der Waals surface area (Å²) in [5, 5.41) is 16.2. The predicted molar refractivity (Wildman–Crippen MR) is 80.6 cm³/mol. The van der Waals surface area contributed by atoms with Gasteiger partial charge in [-0.05, 0) is 12.5 Å². The summed E-state index contributed by atoms with van der Waals surface area (Å²) in [6.45, 7) is 1.45. The van der Waals surface area contributed by atoms with Gasteiger partial charge in [-0.15, -0.1) is 0 Å². The molecule has 1 unspecified atom stereocenters. The Labute approximate surface area is 127 Å². The summed E-state index contributed by atoms with van der Waals surface area (Å²) in [6, 6.07) is 3.86. The molecule has 2 aromatic rings. The van der Waals surface area contributed by atoms with E-state index in [9.17, 15) is 4.79 Å². The van der Waals surface area contributed by atoms with Gasteiger partial charge in [0.2, 0.25) is 5.91 Å². The number of carbonyl (C=O) groups excluding carboxylic acids is 1. The summed E-state index contributed by atoms with van der Waals surface area (Å²) in [4.78, 5) is 23.5. The zero-order valence-corrected chi connectivity index (χ0v) is 12.3. The maximum absolute atomic E-state index is 11.9. The van der Waals surface area contributed by atoms with Crippen molar-refractivity contribution in [2.45, 2.75) is 6.42 Å². The van der Waals surface area contributed by atoms with Crippen LogP contribution in [0.5, 0.6) is 0 Å². The highest BCUT2D eigenvalue weighted by Crippen LogP contribution is 2.25. The molecule has 2 aromatic heterocycles. The van der Waals surface area contributed by atoms with Gasteiger partial charge >= 0.3 is 0 Å². The number of H-pyrrole nitrogens is 1. The largest absolute Gasteiger partial charge is 0.346 e. The molecule has 3 heterocycles. The van der Waals surface area contributed by atoms with Crippen molar-refractivity contribution in [1.29, 1.82) is 5.26 Å². The first kappa shape index (κ1) is 14.3. The van der Waals surface area contributed by atoms with E-state index in [0.29, 0.717) is 6.54 Å². The fourth-order valence-corrected chi connectivity index (χ4v) is 2.75. The van der Waals surface area contributed by atoms with Crippen LogP contribution in [0.25, 0.3) is 11.0 Å². The molecule has 1 atom stereocenters. The molecule has 0 aliphatic carbocycles. The lowest BCUT2D eigenvalue weighted by Crippen LogP contribution is -2.40. The number of hydrogen-bond acceptors (Lipinski definition) is 6. The Balaban J connectivity index is 1.72. The number of nitrogens with one attached hydrogen (secondary N) is 2. The molecule has 22 heavy (non-hydrogen) atoms. The molecule has 0 radical (unpaired) electrons. The van der Waals surface area contributed by atoms with E-state index in [2.05, 4.69) is 25.3 Å². The minimum atomic E-state index is -0.0978. The number of anilines is 1. The van der Waals surface area contributed by atoms with Crippen LogP contribution in [0.15, 0.2) is 18.6 Å². The van der Waals surface area contributed by atoms with Crippen molar-refractivity contribution >= 4 is 22.8 Å². The molecule has 1 saturated heterocycles. The summed E-state index contributed by atoms with van der Waals surface area (Å²) in [5.41, 5.74) is 0.791. The molecule has 2 N–H and O–H groups in total. The smallest absolute Gasteiger partial charge is 0.225 e. The first-order valence-corrected chi connectivity index (χ1v) is 7.12. The van der Waals surface area contributed by atoms with E-state index in [4.69, 9.17) is 5.26 Å². The van der Waals surface area contributed by atoms with Gasteiger partial charge in [-0.1, -0.05) is 0 Å². The van der Waals surface area contributed by atoms with E-state index in [1.807, 2.05) is 30.4 Å². The molecule has 1 amide bonds. The van der Waals surface area contributed by atoms with Crippen molar-refractivity contribution in [1.82, 2.24) is 25.3 Å². The molecule has 1 aliphatic rings. The number of aromatic amines is 1. The number of amides is 1. The summed E-state index contributed by atoms with van der Waals surface area (Å²) in [5.74, 6) is 0.649. The highest BCUT2D eigenvalue weighted by atomic mass is 16.2. The molecule has 0 bridgehead atoms. The zero-order valence-electron chi connectivity index (χ0n) is 12.3. The lowest BCUT2D eigenvalue weighted by atomic mass is 10.1. The molecule has 8 heteroatoms. The molecule has 0 saturated carbocycles. The molecule has 0 spiro atoms. The maximum Gasteiger partial charge on any atom is 0.225 e. The molecule has 3 rings (SSSR count). The van der Waals surface area contributed by atoms with E-state index >= 15 is 0 Å². The van der Waals surface area contributed by atoms with Crippen molar-refractivity contribution < 1.29 is 4.79 Å². The third-order valence-corrected chi connectivity index (χ3v) is 3.94. The lowest BCUT2D eigenvalue weighted by molar-refractivity contribution is -0.124. The van der Waals surface area contributed by atoms with Crippen molar-refractivity contribution in [3.63, 3.8) is 0 Å². The SMILES string of the molecule is CN(c1ncnc2[nH]ccc12)N1CCC(C(=O)NCC#N)C1. The van der Waals surface area contributed by atoms with Gasteiger partial charge in [-0.2, -0.15) is 5.26 Å². The summed E-state index contributed by atoms with van der Waals surface area (Å²) < 4.78 is 0. The van der Waals surface area contributed by atoms with Crippen molar-refractivity contribution in [2.24, 2.45) is 5.92 Å². The summed E-state index contributed by atoms with van der Waals surface area (Å²) in [6.07, 6.45) is 4.12. The number of rotatable bonds is 4. The van der Waals surface area contributed by atoms with Crippen LogP contribution in [-0.2, 0) is 4.79 Å². The Kier molecular flexibility index (Phi) is 3.89. The van der Waals surface area contributed by atoms with E-state index in [0.717, 1.165) is 29.8 Å². The van der Waals surface area contributed by atoms with Crippen LogP contribution in [-0.4, -0.2) is 52.5 Å². The van der Waals surface area contributed by atoms with Gasteiger partial charge in [0.05, 0.1) is 17.4 Å². The molecule has 1 fully saturated rings. The minimum Gasteiger partial charge on any atom is -0.346 e. The van der Waals surface area contributed by atoms with Gasteiger partial charge in [0.15, 0.2) is 5.82 Å². The fourth-order valence-electron chi connectivity index (χ4n) is 2.75. The van der Waals surface area contributed by atoms with Crippen LogP contribution in [0.2, 0.25) is 0 Å². The minimum absolute atomic E-state index is 0.0566. The van der Waals surface area contributed by atoms with Gasteiger partial charge in [0.1, 0.15) is 18.5 Å². The van der Waals surface area contributed by atoms with E-state index in [1.165, 1.54) is 6.33 Å². The van der Waals surface area contributed by atoms with E-state index in [1.54, 1.807) is 0 Å². The van der Waals surface area contributed by atoms with Crippen LogP contribution >= 0.6 is 0 Å². The molecule has 1 aliphatic heterocycles. The van der Waals surface area contributed by atoms with Gasteiger partial charge in [-0.3, -0.25) is 9.80 Å². The predicted octanol–water partition coefficient (Wildman–Crippen LogP) is 0.271. The number of nitriles is 1. The second-order valence-corrected chi connectivity index (χ2v) is 5.23. The van der Waals surface area contributed by atoms with Gasteiger partial charge in [0.25, 0.3) is 0 Å². The number of aromatic nitrogens is 3. The Bertz CT molecular complexity index is 719. The number of fused-ring (bicyclic) bond motifs is 1. The van der Waals surface area contributed by atoms with Crippen LogP contribution in [0.1, 0.15) is 6.42 Å². The number of hydrogen-bond donors (Lipinski definition) is 2. The van der Waals surface area contributed by atoms with E-state index < -0.39 is 0 Å². The maximum atomic E-state index is 11.9. The van der Waals surface area contributed by atoms with Crippen molar-refractivity contribution in [2.75, 3.05) is 31.7 Å². The fraction of sp³-hybridized carbons (Fsp3) is 0.429. The summed E-state index contributed by atoms with van der Waals surface area (Å²) >= 11 is 0. The second kappa shape index (κ2) is 5.99. The lowest BCUT2D eigenvalue weighted by Gasteiger charge is -2.29. The topological polar surface area (TPSA) is 101 Å². The van der Waals surface area contributed by atoms with Crippen LogP contribution < -0.4 is 10.3 Å². The average Bonchev–Trinajstić information content (AvgIpc) is 3.20. The highest BCUT2D eigenvalue weighted by Gasteiger charge is 2.31. The first-order chi connectivity index (χ1) is 10.7. The average molecular weight is 299 g/mol. The van der Waals surface area contributed by atoms with Crippen molar-refractivity contribution in [3.8, 4) is 6.07 Å². The molecule has 0 aromatic carbocycles. The van der Waals surface area contributed by atoms with Gasteiger partial charge in [-0.25, -0.2) is 15.0 Å². The van der Waals surface area contributed by atoms with Crippen LogP contribution in [0.4, 0.5) is 5.82 Å². The molecule has 8 nitrogen and oxygen atoms in total. The third-order valence-electron chi connectivity index (χ3n) is 3.94. The monoisotopic (exact) mass is 299 g/mol. The third kappa shape index (κ3) is 2.58. The first-order valence-electron chi connectivity index (χ1n) is 7.12. The number of nitrogens with zero attached hydrogens (tertiary/aromatic N) is 5. The Morgan fingerprint density at radius 3 is 3.32 bits per heavy atom. The molecular formula is C14H17N7O. The number of carbonyl (C=O) groups is 1. The van der Waals surface area contributed by atoms with Crippen LogP contribution in [0, 0.1) is 17.2 Å². The number of hydrazine groups is 1. The van der Waals surface area contributed by atoms with E-state index in [-0.39, 0.29) is 18.4 Å². The van der Waals surface area contributed by atoms with Gasteiger partial charge < -0.3 is 10.3 Å². The molecule has 114 valence electrons. The van der Waals surface area contributed by atoms with Crippen LogP contribution in [0.3, 0.4) is 0 Å². The summed E-state index contributed by atoms with van der Waals surface area (Å²) in [7, 11) is 1.93. The zero-order chi connectivity index (χ0) is 15.5. The normalized spacial score (nSPS) is 18.3. The quantitative estimate of drug-likeness (QED) is 0.786. The Morgan fingerprint density at radius 2 is 2.50 bits per heavy atom. The standard InChI is InChI=1S/C14H17N7O/c1-20(13-11-2-5-16-12(11)18-9-19-13)21-7-3-10(8-21)14(22)17-6-4-15/h2,5,9-10H,3,6-8H2,1H3,(H,17,22)(H,16,18,19). The van der Waals surface area contributed by atoms with Crippen molar-refractivity contribution in [3.05, 3.63) is 18.6 Å². The van der Waals surface area contributed by atoms with Gasteiger partial charge in [0, 0.05) is 26.3 Å². The Morgan fingerprint density at radius 1 is 1.64 bits per heavy atom. The highest BCUT2D eigenvalue weighted by molar-refractivity contribution is 5.87.